The maximum absolute atomic E-state index is 12.3. The van der Waals surface area contributed by atoms with Crippen LogP contribution in [0.1, 0.15) is 24.2 Å². The van der Waals surface area contributed by atoms with E-state index < -0.39 is 0 Å². The van der Waals surface area contributed by atoms with Gasteiger partial charge in [0.25, 0.3) is 0 Å². The minimum Gasteiger partial charge on any atom is -0.493 e. The van der Waals surface area contributed by atoms with Crippen LogP contribution in [0.3, 0.4) is 0 Å². The van der Waals surface area contributed by atoms with Gasteiger partial charge in [-0.15, -0.1) is 0 Å². The Bertz CT molecular complexity index is 682. The van der Waals surface area contributed by atoms with Crippen LogP contribution in [0.5, 0.6) is 5.75 Å². The van der Waals surface area contributed by atoms with Gasteiger partial charge in [0.1, 0.15) is 5.75 Å². The number of likely N-dealkylation sites (tertiary alicyclic amines) is 1. The first-order chi connectivity index (χ1) is 12.2. The van der Waals surface area contributed by atoms with Crippen molar-refractivity contribution in [2.45, 2.75) is 26.3 Å². The van der Waals surface area contributed by atoms with Crippen molar-refractivity contribution in [2.75, 3.05) is 19.7 Å². The molecule has 3 rings (SSSR count). The highest BCUT2D eigenvalue weighted by Crippen LogP contribution is 2.19. The molecule has 0 atom stereocenters. The van der Waals surface area contributed by atoms with E-state index in [-0.39, 0.29) is 6.03 Å². The predicted molar refractivity (Wildman–Crippen MR) is 97.4 cm³/mol. The summed E-state index contributed by atoms with van der Waals surface area (Å²) >= 11 is 0. The topological polar surface area (TPSA) is 54.5 Å². The molecule has 2 aromatic rings. The van der Waals surface area contributed by atoms with E-state index >= 15 is 0 Å². The number of hydrogen-bond acceptors (Lipinski definition) is 3. The van der Waals surface area contributed by atoms with Crippen LogP contribution in [0, 0.1) is 12.8 Å². The molecule has 5 nitrogen and oxygen atoms in total. The van der Waals surface area contributed by atoms with E-state index in [1.807, 2.05) is 60.4 Å². The SMILES string of the molecule is Cc1cccc(CNC(=O)N2CCC(COc3ccccc3)CC2)n1. The zero-order chi connectivity index (χ0) is 17.5. The Morgan fingerprint density at radius 3 is 2.64 bits per heavy atom. The van der Waals surface area contributed by atoms with Gasteiger partial charge in [0.05, 0.1) is 18.8 Å². The molecule has 2 heterocycles. The Morgan fingerprint density at radius 2 is 1.92 bits per heavy atom. The molecule has 0 bridgehead atoms. The number of aromatic nitrogens is 1. The minimum absolute atomic E-state index is 0.00858. The minimum atomic E-state index is -0.00858. The Labute approximate surface area is 149 Å². The number of ether oxygens (including phenoxy) is 1. The summed E-state index contributed by atoms with van der Waals surface area (Å²) in [7, 11) is 0. The number of nitrogens with one attached hydrogen (secondary N) is 1. The molecule has 1 aliphatic heterocycles. The van der Waals surface area contributed by atoms with Crippen LogP contribution >= 0.6 is 0 Å². The molecule has 0 saturated carbocycles. The van der Waals surface area contributed by atoms with Crippen LogP contribution in [0.2, 0.25) is 0 Å². The number of carbonyl (C=O) groups is 1. The van der Waals surface area contributed by atoms with Gasteiger partial charge < -0.3 is 15.0 Å². The molecule has 25 heavy (non-hydrogen) atoms. The highest BCUT2D eigenvalue weighted by molar-refractivity contribution is 5.74. The van der Waals surface area contributed by atoms with Crippen molar-refractivity contribution < 1.29 is 9.53 Å². The molecule has 132 valence electrons. The van der Waals surface area contributed by atoms with Crippen molar-refractivity contribution >= 4 is 6.03 Å². The summed E-state index contributed by atoms with van der Waals surface area (Å²) in [5.74, 6) is 1.41. The summed E-state index contributed by atoms with van der Waals surface area (Å²) in [6, 6.07) is 15.7. The monoisotopic (exact) mass is 339 g/mol. The second kappa shape index (κ2) is 8.51. The van der Waals surface area contributed by atoms with Gasteiger partial charge in [-0.2, -0.15) is 0 Å². The van der Waals surface area contributed by atoms with E-state index in [2.05, 4.69) is 10.3 Å². The summed E-state index contributed by atoms with van der Waals surface area (Å²) in [5, 5.41) is 2.96. The second-order valence-corrected chi connectivity index (χ2v) is 6.48. The maximum atomic E-state index is 12.3. The number of pyridine rings is 1. The van der Waals surface area contributed by atoms with Crippen molar-refractivity contribution in [1.29, 1.82) is 0 Å². The fourth-order valence-electron chi connectivity index (χ4n) is 3.01. The normalized spacial score (nSPS) is 15.0. The van der Waals surface area contributed by atoms with Gasteiger partial charge in [0.2, 0.25) is 0 Å². The first-order valence-corrected chi connectivity index (χ1v) is 8.84. The van der Waals surface area contributed by atoms with Crippen molar-refractivity contribution in [1.82, 2.24) is 15.2 Å². The lowest BCUT2D eigenvalue weighted by molar-refractivity contribution is 0.145. The first-order valence-electron chi connectivity index (χ1n) is 8.84. The molecule has 1 saturated heterocycles. The third-order valence-corrected chi connectivity index (χ3v) is 4.50. The Balaban J connectivity index is 1.38. The molecule has 1 aromatic heterocycles. The number of carbonyl (C=O) groups excluding carboxylic acids is 1. The molecule has 5 heteroatoms. The lowest BCUT2D eigenvalue weighted by Crippen LogP contribution is -2.45. The molecule has 1 N–H and O–H groups in total. The number of benzene rings is 1. The van der Waals surface area contributed by atoms with Gasteiger partial charge in [-0.1, -0.05) is 24.3 Å². The molecule has 0 unspecified atom stereocenters. The third-order valence-electron chi connectivity index (χ3n) is 4.50. The van der Waals surface area contributed by atoms with Crippen LogP contribution in [-0.4, -0.2) is 35.6 Å². The molecular formula is C20H25N3O2. The lowest BCUT2D eigenvalue weighted by Gasteiger charge is -2.31. The van der Waals surface area contributed by atoms with E-state index in [4.69, 9.17) is 4.74 Å². The number of para-hydroxylation sites is 1. The maximum Gasteiger partial charge on any atom is 0.317 e. The smallest absolute Gasteiger partial charge is 0.317 e. The third kappa shape index (κ3) is 5.21. The molecular weight excluding hydrogens is 314 g/mol. The fourth-order valence-corrected chi connectivity index (χ4v) is 3.01. The number of urea groups is 1. The zero-order valence-corrected chi connectivity index (χ0v) is 14.6. The van der Waals surface area contributed by atoms with Crippen LogP contribution in [0.4, 0.5) is 4.79 Å². The predicted octanol–water partition coefficient (Wildman–Crippen LogP) is 3.39. The number of aryl methyl sites for hydroxylation is 1. The van der Waals surface area contributed by atoms with E-state index in [9.17, 15) is 4.79 Å². The van der Waals surface area contributed by atoms with E-state index in [1.54, 1.807) is 0 Å². The van der Waals surface area contributed by atoms with E-state index in [1.165, 1.54) is 0 Å². The molecule has 1 fully saturated rings. The summed E-state index contributed by atoms with van der Waals surface area (Å²) in [6.07, 6.45) is 1.95. The lowest BCUT2D eigenvalue weighted by atomic mass is 9.98. The number of hydrogen-bond donors (Lipinski definition) is 1. The fraction of sp³-hybridized carbons (Fsp3) is 0.400. The van der Waals surface area contributed by atoms with Crippen molar-refractivity contribution in [3.8, 4) is 5.75 Å². The highest BCUT2D eigenvalue weighted by atomic mass is 16.5. The summed E-state index contributed by atoms with van der Waals surface area (Å²) in [4.78, 5) is 18.6. The average Bonchev–Trinajstić information content (AvgIpc) is 2.66. The summed E-state index contributed by atoms with van der Waals surface area (Å²) < 4.78 is 5.83. The van der Waals surface area contributed by atoms with Crippen LogP contribution in [0.25, 0.3) is 0 Å². The van der Waals surface area contributed by atoms with Gasteiger partial charge >= 0.3 is 6.03 Å². The molecule has 0 radical (unpaired) electrons. The van der Waals surface area contributed by atoms with Crippen LogP contribution < -0.4 is 10.1 Å². The molecule has 2 amide bonds. The van der Waals surface area contributed by atoms with E-state index in [0.717, 1.165) is 43.1 Å². The Kier molecular flexibility index (Phi) is 5.88. The van der Waals surface area contributed by atoms with Crippen molar-refractivity contribution in [3.05, 3.63) is 59.9 Å². The van der Waals surface area contributed by atoms with E-state index in [0.29, 0.717) is 19.1 Å². The first kappa shape index (κ1) is 17.3. The van der Waals surface area contributed by atoms with Gasteiger partial charge in [0.15, 0.2) is 0 Å². The van der Waals surface area contributed by atoms with Crippen molar-refractivity contribution in [2.24, 2.45) is 5.92 Å². The van der Waals surface area contributed by atoms with Crippen LogP contribution in [-0.2, 0) is 6.54 Å². The second-order valence-electron chi connectivity index (χ2n) is 6.48. The molecule has 1 aromatic carbocycles. The molecule has 1 aliphatic rings. The molecule has 0 aliphatic carbocycles. The molecule has 0 spiro atoms. The van der Waals surface area contributed by atoms with Gasteiger partial charge in [-0.25, -0.2) is 4.79 Å². The summed E-state index contributed by atoms with van der Waals surface area (Å²) in [5.41, 5.74) is 1.85. The number of nitrogens with zero attached hydrogens (tertiary/aromatic N) is 2. The summed E-state index contributed by atoms with van der Waals surface area (Å²) in [6.45, 7) is 4.68. The van der Waals surface area contributed by atoms with Gasteiger partial charge in [-0.3, -0.25) is 4.98 Å². The Morgan fingerprint density at radius 1 is 1.16 bits per heavy atom. The standard InChI is InChI=1S/C20H25N3O2/c1-16-6-5-7-18(22-16)14-21-20(24)23-12-10-17(11-13-23)15-25-19-8-3-2-4-9-19/h2-9,17H,10-15H2,1H3,(H,21,24). The zero-order valence-electron chi connectivity index (χ0n) is 14.6. The number of amides is 2. The largest absolute Gasteiger partial charge is 0.493 e. The van der Waals surface area contributed by atoms with Crippen LogP contribution in [0.15, 0.2) is 48.5 Å². The average molecular weight is 339 g/mol. The van der Waals surface area contributed by atoms with Gasteiger partial charge in [0, 0.05) is 18.8 Å². The Hall–Kier alpha value is -2.56. The van der Waals surface area contributed by atoms with Crippen molar-refractivity contribution in [3.63, 3.8) is 0 Å². The quantitative estimate of drug-likeness (QED) is 0.908. The number of rotatable bonds is 5. The highest BCUT2D eigenvalue weighted by Gasteiger charge is 2.23. The number of piperidine rings is 1. The van der Waals surface area contributed by atoms with Gasteiger partial charge in [-0.05, 0) is 49.9 Å².